The summed E-state index contributed by atoms with van der Waals surface area (Å²) >= 11 is 0. The Labute approximate surface area is 47.6 Å². The average molecular weight is 112 g/mol. The average Bonchev–Trinajstić information content (AvgIpc) is 1.64. The summed E-state index contributed by atoms with van der Waals surface area (Å²) in [7, 11) is 0. The monoisotopic (exact) mass is 112 g/mol. The van der Waals surface area contributed by atoms with Gasteiger partial charge in [0.05, 0.1) is 0 Å². The van der Waals surface area contributed by atoms with Gasteiger partial charge in [-0.15, -0.1) is 0 Å². The molecule has 0 aromatic carbocycles. The maximum absolute atomic E-state index is 8.74. The molecule has 1 rings (SSSR count). The number of rotatable bonds is 0. The van der Waals surface area contributed by atoms with Gasteiger partial charge >= 0.3 is 0 Å². The lowest BCUT2D eigenvalue weighted by Gasteiger charge is -2.09. The smallest absolute Gasteiger partial charge is 0.149 e. The van der Waals surface area contributed by atoms with Gasteiger partial charge in [0.2, 0.25) is 0 Å². The van der Waals surface area contributed by atoms with E-state index in [2.05, 4.69) is 4.99 Å². The Morgan fingerprint density at radius 2 is 2.62 bits per heavy atom. The van der Waals surface area contributed by atoms with Crippen molar-refractivity contribution in [2.24, 2.45) is 4.99 Å². The highest BCUT2D eigenvalue weighted by Gasteiger charge is 2.07. The topological polar surface area (TPSA) is 56.4 Å². The molecule has 2 N–H and O–H groups in total. The summed E-state index contributed by atoms with van der Waals surface area (Å²) in [5.41, 5.74) is 0.563. The second kappa shape index (κ2) is 2.05. The van der Waals surface area contributed by atoms with Gasteiger partial charge in [-0.1, -0.05) is 0 Å². The van der Waals surface area contributed by atoms with Gasteiger partial charge in [0.1, 0.15) is 6.23 Å². The zero-order chi connectivity index (χ0) is 5.98. The van der Waals surface area contributed by atoms with Crippen LogP contribution in [0.25, 0.3) is 0 Å². The zero-order valence-electron chi connectivity index (χ0n) is 4.46. The summed E-state index contributed by atoms with van der Waals surface area (Å²) in [5, 5.41) is 15.8. The van der Waals surface area contributed by atoms with Crippen LogP contribution in [0.15, 0.2) is 4.99 Å². The maximum atomic E-state index is 8.74. The summed E-state index contributed by atoms with van der Waals surface area (Å²) < 4.78 is 0. The number of nitrogens with zero attached hydrogens (tertiary/aromatic N) is 1. The molecule has 1 atom stereocenters. The third kappa shape index (κ3) is 1.13. The van der Waals surface area contributed by atoms with Gasteiger partial charge in [0, 0.05) is 24.8 Å². The van der Waals surface area contributed by atoms with Crippen molar-refractivity contribution in [3.8, 4) is 0 Å². The minimum atomic E-state index is -0.642. The highest BCUT2D eigenvalue weighted by molar-refractivity contribution is 5.95. The van der Waals surface area contributed by atoms with Gasteiger partial charge < -0.3 is 10.5 Å². The lowest BCUT2D eigenvalue weighted by atomic mass is 10.1. The van der Waals surface area contributed by atoms with Crippen LogP contribution in [-0.4, -0.2) is 23.3 Å². The van der Waals surface area contributed by atoms with Crippen molar-refractivity contribution >= 4 is 11.9 Å². The molecular formula is C5H8N2O. The lowest BCUT2D eigenvalue weighted by molar-refractivity contribution is 0.191. The number of hydrogen-bond donors (Lipinski definition) is 2. The summed E-state index contributed by atoms with van der Waals surface area (Å²) in [4.78, 5) is 3.67. The molecule has 3 nitrogen and oxygen atoms in total. The van der Waals surface area contributed by atoms with Gasteiger partial charge in [0.25, 0.3) is 0 Å². The van der Waals surface area contributed by atoms with E-state index in [1.54, 1.807) is 6.21 Å². The molecule has 44 valence electrons. The molecule has 1 aliphatic heterocycles. The van der Waals surface area contributed by atoms with E-state index in [0.717, 1.165) is 0 Å². The summed E-state index contributed by atoms with van der Waals surface area (Å²) in [6.07, 6.45) is 1.96. The van der Waals surface area contributed by atoms with Crippen molar-refractivity contribution in [1.82, 2.24) is 0 Å². The van der Waals surface area contributed by atoms with Gasteiger partial charge in [-0.3, -0.25) is 4.99 Å². The molecule has 0 aromatic heterocycles. The van der Waals surface area contributed by atoms with Gasteiger partial charge in [-0.2, -0.15) is 0 Å². The van der Waals surface area contributed by atoms with E-state index in [1.165, 1.54) is 0 Å². The fraction of sp³-hybridized carbons (Fsp3) is 0.600. The molecule has 0 amide bonds. The molecule has 0 saturated heterocycles. The predicted molar refractivity (Wildman–Crippen MR) is 31.5 cm³/mol. The van der Waals surface area contributed by atoms with Crippen molar-refractivity contribution in [3.63, 3.8) is 0 Å². The fourth-order valence-electron chi connectivity index (χ4n) is 0.641. The standard InChI is InChI=1S/C5H8N2O/c6-4-1-2-7-5(8)3-4/h2,5-6,8H,1,3H2. The first-order valence-electron chi connectivity index (χ1n) is 2.55. The second-order valence-corrected chi connectivity index (χ2v) is 1.82. The van der Waals surface area contributed by atoms with Crippen LogP contribution in [0.4, 0.5) is 0 Å². The van der Waals surface area contributed by atoms with Gasteiger partial charge in [0.15, 0.2) is 0 Å². The van der Waals surface area contributed by atoms with Crippen molar-refractivity contribution in [2.45, 2.75) is 19.1 Å². The molecule has 0 aromatic rings. The molecule has 0 fully saturated rings. The van der Waals surface area contributed by atoms with Crippen molar-refractivity contribution in [2.75, 3.05) is 0 Å². The van der Waals surface area contributed by atoms with E-state index in [-0.39, 0.29) is 0 Å². The molecule has 0 radical (unpaired) electrons. The first kappa shape index (κ1) is 5.44. The van der Waals surface area contributed by atoms with E-state index < -0.39 is 6.23 Å². The summed E-state index contributed by atoms with van der Waals surface area (Å²) in [5.74, 6) is 0. The number of nitrogens with one attached hydrogen (secondary N) is 1. The molecular weight excluding hydrogens is 104 g/mol. The lowest BCUT2D eigenvalue weighted by Crippen LogP contribution is -2.15. The Morgan fingerprint density at radius 1 is 1.88 bits per heavy atom. The number of aliphatic imine (C=N–C) groups is 1. The first-order valence-corrected chi connectivity index (χ1v) is 2.55. The molecule has 0 saturated carbocycles. The van der Waals surface area contributed by atoms with Crippen LogP contribution >= 0.6 is 0 Å². The number of hydrogen-bond acceptors (Lipinski definition) is 3. The Kier molecular flexibility index (Phi) is 1.39. The van der Waals surface area contributed by atoms with Crippen LogP contribution in [0.3, 0.4) is 0 Å². The quantitative estimate of drug-likeness (QED) is 0.461. The van der Waals surface area contributed by atoms with E-state index >= 15 is 0 Å². The largest absolute Gasteiger partial charge is 0.371 e. The minimum Gasteiger partial charge on any atom is -0.371 e. The molecule has 1 heterocycles. The van der Waals surface area contributed by atoms with E-state index in [0.29, 0.717) is 18.6 Å². The highest BCUT2D eigenvalue weighted by atomic mass is 16.3. The van der Waals surface area contributed by atoms with E-state index in [1.807, 2.05) is 0 Å². The van der Waals surface area contributed by atoms with E-state index in [9.17, 15) is 0 Å². The van der Waals surface area contributed by atoms with Crippen LogP contribution in [-0.2, 0) is 0 Å². The third-order valence-electron chi connectivity index (χ3n) is 1.04. The molecule has 0 bridgehead atoms. The summed E-state index contributed by atoms with van der Waals surface area (Å²) in [6, 6.07) is 0. The third-order valence-corrected chi connectivity index (χ3v) is 1.04. The predicted octanol–water partition coefficient (Wildman–Crippen LogP) is 0.189. The molecule has 3 heteroatoms. The van der Waals surface area contributed by atoms with Crippen LogP contribution < -0.4 is 0 Å². The van der Waals surface area contributed by atoms with Crippen LogP contribution in [0, 0.1) is 5.41 Å². The Bertz CT molecular complexity index is 130. The van der Waals surface area contributed by atoms with Gasteiger partial charge in [-0.05, 0) is 0 Å². The van der Waals surface area contributed by atoms with Crippen molar-refractivity contribution in [3.05, 3.63) is 0 Å². The molecule has 8 heavy (non-hydrogen) atoms. The normalized spacial score (nSPS) is 28.6. The first-order chi connectivity index (χ1) is 3.79. The SMILES string of the molecule is N=C1CC=NC(O)C1. The minimum absolute atomic E-state index is 0.413. The highest BCUT2D eigenvalue weighted by Crippen LogP contribution is 2.02. The fourth-order valence-corrected chi connectivity index (χ4v) is 0.641. The van der Waals surface area contributed by atoms with Crippen LogP contribution in [0.2, 0.25) is 0 Å². The number of aliphatic hydroxyl groups excluding tert-OH is 1. The van der Waals surface area contributed by atoms with Crippen LogP contribution in [0.5, 0.6) is 0 Å². The molecule has 0 aliphatic carbocycles. The van der Waals surface area contributed by atoms with Gasteiger partial charge in [-0.25, -0.2) is 0 Å². The number of aliphatic hydroxyl groups is 1. The Morgan fingerprint density at radius 3 is 3.00 bits per heavy atom. The Hall–Kier alpha value is -0.700. The van der Waals surface area contributed by atoms with E-state index in [4.69, 9.17) is 10.5 Å². The van der Waals surface area contributed by atoms with Crippen LogP contribution in [0.1, 0.15) is 12.8 Å². The van der Waals surface area contributed by atoms with Crippen molar-refractivity contribution < 1.29 is 5.11 Å². The summed E-state index contributed by atoms with van der Waals surface area (Å²) in [6.45, 7) is 0. The second-order valence-electron chi connectivity index (χ2n) is 1.82. The molecule has 0 spiro atoms. The van der Waals surface area contributed by atoms with Crippen molar-refractivity contribution in [1.29, 1.82) is 5.41 Å². The molecule has 1 unspecified atom stereocenters. The molecule has 1 aliphatic rings. The zero-order valence-corrected chi connectivity index (χ0v) is 4.46. The Balaban J connectivity index is 2.54. The maximum Gasteiger partial charge on any atom is 0.149 e.